The summed E-state index contributed by atoms with van der Waals surface area (Å²) in [7, 11) is 0. The fourth-order valence-corrected chi connectivity index (χ4v) is 3.80. The van der Waals surface area contributed by atoms with Gasteiger partial charge in [-0.2, -0.15) is 0 Å². The van der Waals surface area contributed by atoms with E-state index < -0.39 is 6.10 Å². The zero-order valence-corrected chi connectivity index (χ0v) is 17.7. The van der Waals surface area contributed by atoms with E-state index in [1.807, 2.05) is 0 Å². The summed E-state index contributed by atoms with van der Waals surface area (Å²) in [6, 6.07) is 11.9. The quantitative estimate of drug-likeness (QED) is 0.633. The summed E-state index contributed by atoms with van der Waals surface area (Å²) in [5.74, 6) is -0.196. The first kappa shape index (κ1) is 21.5. The second-order valence-corrected chi connectivity index (χ2v) is 8.02. The summed E-state index contributed by atoms with van der Waals surface area (Å²) in [6.07, 6.45) is 4.65. The molecular weight excluding hydrogens is 411 g/mol. The molecule has 0 heterocycles. The Morgan fingerprint density at radius 2 is 1.79 bits per heavy atom. The molecule has 1 saturated carbocycles. The first-order chi connectivity index (χ1) is 13.9. The Balaban J connectivity index is 1.66. The highest BCUT2D eigenvalue weighted by Crippen LogP contribution is 2.28. The minimum atomic E-state index is -0.817. The predicted molar refractivity (Wildman–Crippen MR) is 116 cm³/mol. The van der Waals surface area contributed by atoms with Crippen LogP contribution in [0, 0.1) is 0 Å². The van der Waals surface area contributed by atoms with Crippen molar-refractivity contribution in [2.45, 2.75) is 51.2 Å². The standard InChI is InChI=1S/C22H24Cl2N2O3/c1-14(29-20-12-11-15(23)13-18(20)24)21(27)26-19-10-6-5-9-17(19)22(28)25-16-7-3-2-4-8-16/h5-6,9-14,16H,2-4,7-8H2,1H3,(H,25,28)(H,26,27). The van der Waals surface area contributed by atoms with E-state index in [4.69, 9.17) is 27.9 Å². The van der Waals surface area contributed by atoms with Crippen molar-refractivity contribution in [2.24, 2.45) is 0 Å². The minimum absolute atomic E-state index is 0.179. The fourth-order valence-electron chi connectivity index (χ4n) is 3.35. The Morgan fingerprint density at radius 3 is 2.52 bits per heavy atom. The van der Waals surface area contributed by atoms with Gasteiger partial charge in [0.15, 0.2) is 6.10 Å². The van der Waals surface area contributed by atoms with Gasteiger partial charge in [0, 0.05) is 11.1 Å². The Hall–Kier alpha value is -2.24. The number of para-hydroxylation sites is 1. The third kappa shape index (κ3) is 5.87. The van der Waals surface area contributed by atoms with Crippen LogP contribution in [0.15, 0.2) is 42.5 Å². The van der Waals surface area contributed by atoms with E-state index in [0.717, 1.165) is 25.7 Å². The zero-order chi connectivity index (χ0) is 20.8. The van der Waals surface area contributed by atoms with E-state index in [0.29, 0.717) is 27.0 Å². The molecule has 7 heteroatoms. The lowest BCUT2D eigenvalue weighted by Crippen LogP contribution is -2.37. The van der Waals surface area contributed by atoms with Crippen LogP contribution in [0.5, 0.6) is 5.75 Å². The third-order valence-corrected chi connectivity index (χ3v) is 5.47. The molecule has 0 bridgehead atoms. The number of amides is 2. The first-order valence-electron chi connectivity index (χ1n) is 9.76. The van der Waals surface area contributed by atoms with Crippen molar-refractivity contribution in [1.82, 2.24) is 5.32 Å². The number of anilines is 1. The Labute approximate surface area is 180 Å². The summed E-state index contributed by atoms with van der Waals surface area (Å²) >= 11 is 12.0. The molecule has 0 radical (unpaired) electrons. The van der Waals surface area contributed by atoms with Crippen LogP contribution in [-0.4, -0.2) is 24.0 Å². The maximum absolute atomic E-state index is 12.7. The van der Waals surface area contributed by atoms with Gasteiger partial charge < -0.3 is 15.4 Å². The van der Waals surface area contributed by atoms with Crippen molar-refractivity contribution >= 4 is 40.7 Å². The van der Waals surface area contributed by atoms with Gasteiger partial charge in [0.05, 0.1) is 16.3 Å². The number of ether oxygens (including phenoxy) is 1. The molecular formula is C22H24Cl2N2O3. The van der Waals surface area contributed by atoms with Crippen LogP contribution in [0.25, 0.3) is 0 Å². The molecule has 1 unspecified atom stereocenters. The fraction of sp³-hybridized carbons (Fsp3) is 0.364. The van der Waals surface area contributed by atoms with Crippen LogP contribution in [0.1, 0.15) is 49.4 Å². The summed E-state index contributed by atoms with van der Waals surface area (Å²) in [4.78, 5) is 25.4. The van der Waals surface area contributed by atoms with E-state index in [1.165, 1.54) is 6.42 Å². The number of carbonyl (C=O) groups excluding carboxylic acids is 2. The van der Waals surface area contributed by atoms with E-state index >= 15 is 0 Å². The number of rotatable bonds is 6. The summed E-state index contributed by atoms with van der Waals surface area (Å²) in [6.45, 7) is 1.62. The normalized spacial score (nSPS) is 15.4. The van der Waals surface area contributed by atoms with Gasteiger partial charge in [-0.1, -0.05) is 54.6 Å². The summed E-state index contributed by atoms with van der Waals surface area (Å²) in [5, 5.41) is 6.67. The van der Waals surface area contributed by atoms with Crippen LogP contribution in [-0.2, 0) is 4.79 Å². The first-order valence-corrected chi connectivity index (χ1v) is 10.5. The van der Waals surface area contributed by atoms with Crippen LogP contribution >= 0.6 is 23.2 Å². The number of nitrogens with one attached hydrogen (secondary N) is 2. The van der Waals surface area contributed by atoms with Gasteiger partial charge in [0.25, 0.3) is 11.8 Å². The highest BCUT2D eigenvalue weighted by atomic mass is 35.5. The molecule has 1 aliphatic rings. The SMILES string of the molecule is CC(Oc1ccc(Cl)cc1Cl)C(=O)Nc1ccccc1C(=O)NC1CCCCC1. The second kappa shape index (κ2) is 9.99. The molecule has 2 N–H and O–H groups in total. The average Bonchev–Trinajstić information content (AvgIpc) is 2.71. The highest BCUT2D eigenvalue weighted by molar-refractivity contribution is 6.35. The molecule has 29 heavy (non-hydrogen) atoms. The van der Waals surface area contributed by atoms with Gasteiger partial charge in [-0.3, -0.25) is 9.59 Å². The van der Waals surface area contributed by atoms with Gasteiger partial charge in [0.1, 0.15) is 5.75 Å². The van der Waals surface area contributed by atoms with Gasteiger partial charge in [-0.15, -0.1) is 0 Å². The second-order valence-electron chi connectivity index (χ2n) is 7.18. The van der Waals surface area contributed by atoms with Gasteiger partial charge in [-0.05, 0) is 50.1 Å². The molecule has 154 valence electrons. The third-order valence-electron chi connectivity index (χ3n) is 4.94. The maximum Gasteiger partial charge on any atom is 0.265 e. The van der Waals surface area contributed by atoms with E-state index in [2.05, 4.69) is 10.6 Å². The molecule has 0 spiro atoms. The molecule has 2 amide bonds. The van der Waals surface area contributed by atoms with E-state index in [1.54, 1.807) is 49.4 Å². The van der Waals surface area contributed by atoms with Crippen molar-refractivity contribution in [3.63, 3.8) is 0 Å². The molecule has 1 fully saturated rings. The summed E-state index contributed by atoms with van der Waals surface area (Å²) < 4.78 is 5.65. The molecule has 1 atom stereocenters. The number of hydrogen-bond acceptors (Lipinski definition) is 3. The molecule has 0 saturated heterocycles. The van der Waals surface area contributed by atoms with Crippen molar-refractivity contribution in [1.29, 1.82) is 0 Å². The van der Waals surface area contributed by atoms with Gasteiger partial charge in [-0.25, -0.2) is 0 Å². The van der Waals surface area contributed by atoms with Crippen molar-refractivity contribution in [3.05, 3.63) is 58.1 Å². The van der Waals surface area contributed by atoms with Crippen LogP contribution in [0.2, 0.25) is 10.0 Å². The topological polar surface area (TPSA) is 67.4 Å². The number of halogens is 2. The van der Waals surface area contributed by atoms with Gasteiger partial charge in [0.2, 0.25) is 0 Å². The lowest BCUT2D eigenvalue weighted by Gasteiger charge is -2.23. The zero-order valence-electron chi connectivity index (χ0n) is 16.2. The summed E-state index contributed by atoms with van der Waals surface area (Å²) in [5.41, 5.74) is 0.881. The van der Waals surface area contributed by atoms with E-state index in [9.17, 15) is 9.59 Å². The highest BCUT2D eigenvalue weighted by Gasteiger charge is 2.21. The van der Waals surface area contributed by atoms with Crippen molar-refractivity contribution in [3.8, 4) is 5.75 Å². The number of carbonyl (C=O) groups is 2. The molecule has 2 aromatic carbocycles. The monoisotopic (exact) mass is 434 g/mol. The lowest BCUT2D eigenvalue weighted by atomic mass is 9.95. The molecule has 1 aliphatic carbocycles. The van der Waals surface area contributed by atoms with Crippen molar-refractivity contribution in [2.75, 3.05) is 5.32 Å². The van der Waals surface area contributed by atoms with Crippen LogP contribution in [0.3, 0.4) is 0 Å². The van der Waals surface area contributed by atoms with Gasteiger partial charge >= 0.3 is 0 Å². The maximum atomic E-state index is 12.7. The minimum Gasteiger partial charge on any atom is -0.479 e. The van der Waals surface area contributed by atoms with Crippen molar-refractivity contribution < 1.29 is 14.3 Å². The molecule has 0 aliphatic heterocycles. The number of benzene rings is 2. The number of hydrogen-bond donors (Lipinski definition) is 2. The van der Waals surface area contributed by atoms with Crippen LogP contribution in [0.4, 0.5) is 5.69 Å². The van der Waals surface area contributed by atoms with E-state index in [-0.39, 0.29) is 17.9 Å². The largest absolute Gasteiger partial charge is 0.479 e. The van der Waals surface area contributed by atoms with Crippen LogP contribution < -0.4 is 15.4 Å². The molecule has 3 rings (SSSR count). The lowest BCUT2D eigenvalue weighted by molar-refractivity contribution is -0.122. The predicted octanol–water partition coefficient (Wildman–Crippen LogP) is 5.46. The Morgan fingerprint density at radius 1 is 1.07 bits per heavy atom. The molecule has 5 nitrogen and oxygen atoms in total. The smallest absolute Gasteiger partial charge is 0.265 e. The molecule has 0 aromatic heterocycles. The average molecular weight is 435 g/mol. The Bertz CT molecular complexity index is 882. The Kier molecular flexibility index (Phi) is 7.40. The molecule has 2 aromatic rings.